The predicted molar refractivity (Wildman–Crippen MR) is 90.3 cm³/mol. The van der Waals surface area contributed by atoms with E-state index in [0.717, 1.165) is 46.3 Å². The summed E-state index contributed by atoms with van der Waals surface area (Å²) in [4.78, 5) is 5.63. The van der Waals surface area contributed by atoms with Crippen molar-refractivity contribution in [2.75, 3.05) is 5.73 Å². The summed E-state index contributed by atoms with van der Waals surface area (Å²) in [5.41, 5.74) is 9.91. The third-order valence-electron chi connectivity index (χ3n) is 3.93. The minimum Gasteiger partial charge on any atom is -0.383 e. The molecule has 21 heavy (non-hydrogen) atoms. The number of hydrogen-bond acceptors (Lipinski definition) is 4. The second kappa shape index (κ2) is 6.17. The van der Waals surface area contributed by atoms with Crippen LogP contribution in [0.3, 0.4) is 0 Å². The van der Waals surface area contributed by atoms with Crippen molar-refractivity contribution >= 4 is 33.1 Å². The van der Waals surface area contributed by atoms with Crippen LogP contribution in [0, 0.1) is 11.3 Å². The molecule has 0 fully saturated rings. The van der Waals surface area contributed by atoms with E-state index in [1.807, 2.05) is 5.38 Å². The molecule has 2 N–H and O–H groups in total. The van der Waals surface area contributed by atoms with Gasteiger partial charge in [0.05, 0.1) is 0 Å². The van der Waals surface area contributed by atoms with Gasteiger partial charge in [0, 0.05) is 26.0 Å². The van der Waals surface area contributed by atoms with Crippen molar-refractivity contribution in [3.63, 3.8) is 0 Å². The number of nitrogen functional groups attached to an aromatic ring is 1. The fourth-order valence-corrected chi connectivity index (χ4v) is 4.45. The molecule has 108 valence electrons. The molecule has 1 aliphatic rings. The second-order valence-electron chi connectivity index (χ2n) is 5.33. The zero-order valence-electron chi connectivity index (χ0n) is 11.7. The van der Waals surface area contributed by atoms with E-state index in [9.17, 15) is 5.26 Å². The van der Waals surface area contributed by atoms with E-state index in [2.05, 4.69) is 33.0 Å². The Labute approximate surface area is 136 Å². The number of nitrogens with zero attached hydrogens (tertiary/aromatic N) is 2. The van der Waals surface area contributed by atoms with Crippen LogP contribution in [0.5, 0.6) is 0 Å². The molecule has 0 bridgehead atoms. The highest BCUT2D eigenvalue weighted by Gasteiger charge is 2.21. The standard InChI is InChI=1S/C16H16BrN3S/c17-10-7-14(21-9-10)15-11-5-3-1-2-4-6-13(11)20-16(19)12(15)8-18/h7,9H,1-6H2,(H2,19,20). The molecule has 1 aliphatic carbocycles. The largest absolute Gasteiger partial charge is 0.383 e. The van der Waals surface area contributed by atoms with Crippen molar-refractivity contribution in [3.8, 4) is 16.5 Å². The Bertz CT molecular complexity index is 715. The van der Waals surface area contributed by atoms with Crippen molar-refractivity contribution in [2.45, 2.75) is 38.5 Å². The molecule has 0 amide bonds. The van der Waals surface area contributed by atoms with E-state index < -0.39 is 0 Å². The van der Waals surface area contributed by atoms with Crippen LogP contribution in [0.25, 0.3) is 10.4 Å². The lowest BCUT2D eigenvalue weighted by molar-refractivity contribution is 0.610. The Morgan fingerprint density at radius 3 is 2.67 bits per heavy atom. The van der Waals surface area contributed by atoms with Gasteiger partial charge >= 0.3 is 0 Å². The molecule has 0 saturated heterocycles. The first-order valence-corrected chi connectivity index (χ1v) is 8.83. The highest BCUT2D eigenvalue weighted by molar-refractivity contribution is 9.10. The summed E-state index contributed by atoms with van der Waals surface area (Å²) in [5, 5.41) is 11.6. The summed E-state index contributed by atoms with van der Waals surface area (Å²) in [6.07, 6.45) is 6.76. The zero-order chi connectivity index (χ0) is 14.8. The van der Waals surface area contributed by atoms with Crippen molar-refractivity contribution in [3.05, 3.63) is 32.7 Å². The summed E-state index contributed by atoms with van der Waals surface area (Å²) in [6, 6.07) is 4.33. The van der Waals surface area contributed by atoms with Gasteiger partial charge in [0.1, 0.15) is 17.5 Å². The molecular formula is C16H16BrN3S. The zero-order valence-corrected chi connectivity index (χ0v) is 14.1. The summed E-state index contributed by atoms with van der Waals surface area (Å²) in [7, 11) is 0. The summed E-state index contributed by atoms with van der Waals surface area (Å²) < 4.78 is 1.04. The molecular weight excluding hydrogens is 346 g/mol. The Hall–Kier alpha value is -1.38. The number of rotatable bonds is 1. The number of fused-ring (bicyclic) bond motifs is 1. The average molecular weight is 362 g/mol. The van der Waals surface area contributed by atoms with Crippen LogP contribution in [-0.4, -0.2) is 4.98 Å². The number of pyridine rings is 1. The van der Waals surface area contributed by atoms with Crippen molar-refractivity contribution in [1.82, 2.24) is 4.98 Å². The third kappa shape index (κ3) is 2.83. The number of aromatic nitrogens is 1. The molecule has 0 spiro atoms. The van der Waals surface area contributed by atoms with Crippen LogP contribution in [0.1, 0.15) is 42.5 Å². The monoisotopic (exact) mass is 361 g/mol. The van der Waals surface area contributed by atoms with Gasteiger partial charge in [0.2, 0.25) is 0 Å². The number of hydrogen-bond donors (Lipinski definition) is 1. The molecule has 0 aliphatic heterocycles. The predicted octanol–water partition coefficient (Wildman–Crippen LogP) is 4.69. The van der Waals surface area contributed by atoms with Crippen LogP contribution in [-0.2, 0) is 12.8 Å². The van der Waals surface area contributed by atoms with Crippen LogP contribution < -0.4 is 5.73 Å². The first-order valence-electron chi connectivity index (χ1n) is 7.16. The Morgan fingerprint density at radius 1 is 1.24 bits per heavy atom. The van der Waals surface area contributed by atoms with Gasteiger partial charge < -0.3 is 5.73 Å². The molecule has 2 aromatic heterocycles. The SMILES string of the molecule is N#Cc1c(N)nc2c(c1-c1cc(Br)cs1)CCCCCC2. The molecule has 0 atom stereocenters. The third-order valence-corrected chi connectivity index (χ3v) is 5.64. The van der Waals surface area contributed by atoms with E-state index in [1.165, 1.54) is 18.4 Å². The number of nitrogens with two attached hydrogens (primary N) is 1. The number of anilines is 1. The molecule has 2 heterocycles. The van der Waals surface area contributed by atoms with Crippen molar-refractivity contribution < 1.29 is 0 Å². The lowest BCUT2D eigenvalue weighted by atomic mass is 9.90. The molecule has 0 unspecified atom stereocenters. The molecule has 3 rings (SSSR count). The van der Waals surface area contributed by atoms with Gasteiger partial charge in [-0.05, 0) is 53.2 Å². The Kier molecular flexibility index (Phi) is 4.27. The maximum atomic E-state index is 9.52. The van der Waals surface area contributed by atoms with Gasteiger partial charge in [-0.1, -0.05) is 12.8 Å². The Morgan fingerprint density at radius 2 is 2.00 bits per heavy atom. The van der Waals surface area contributed by atoms with Crippen molar-refractivity contribution in [1.29, 1.82) is 5.26 Å². The van der Waals surface area contributed by atoms with Crippen LogP contribution >= 0.6 is 27.3 Å². The van der Waals surface area contributed by atoms with E-state index in [-0.39, 0.29) is 0 Å². The van der Waals surface area contributed by atoms with Gasteiger partial charge in [-0.3, -0.25) is 0 Å². The summed E-state index contributed by atoms with van der Waals surface area (Å²) in [6.45, 7) is 0. The number of nitriles is 1. The van der Waals surface area contributed by atoms with E-state index in [0.29, 0.717) is 11.4 Å². The number of thiophene rings is 1. The van der Waals surface area contributed by atoms with Gasteiger partial charge in [0.25, 0.3) is 0 Å². The highest BCUT2D eigenvalue weighted by atomic mass is 79.9. The lowest BCUT2D eigenvalue weighted by Crippen LogP contribution is -2.09. The number of halogens is 1. The summed E-state index contributed by atoms with van der Waals surface area (Å²) >= 11 is 5.14. The minimum atomic E-state index is 0.372. The molecule has 0 saturated carbocycles. The fraction of sp³-hybridized carbons (Fsp3) is 0.375. The van der Waals surface area contributed by atoms with Crippen LogP contribution in [0.2, 0.25) is 0 Å². The molecule has 5 heteroatoms. The fourth-order valence-electron chi connectivity index (χ4n) is 2.95. The molecule has 0 aromatic carbocycles. The first-order chi connectivity index (χ1) is 10.2. The van der Waals surface area contributed by atoms with Gasteiger partial charge in [-0.25, -0.2) is 4.98 Å². The highest BCUT2D eigenvalue weighted by Crippen LogP contribution is 2.39. The van der Waals surface area contributed by atoms with Crippen molar-refractivity contribution in [2.24, 2.45) is 0 Å². The van der Waals surface area contributed by atoms with E-state index >= 15 is 0 Å². The topological polar surface area (TPSA) is 62.7 Å². The molecule has 0 radical (unpaired) electrons. The smallest absolute Gasteiger partial charge is 0.142 e. The van der Waals surface area contributed by atoms with Crippen LogP contribution in [0.15, 0.2) is 15.9 Å². The molecule has 2 aromatic rings. The summed E-state index contributed by atoms with van der Waals surface area (Å²) in [5.74, 6) is 0.372. The van der Waals surface area contributed by atoms with Gasteiger partial charge in [-0.15, -0.1) is 11.3 Å². The Balaban J connectivity index is 2.25. The first kappa shape index (κ1) is 14.6. The normalized spacial score (nSPS) is 14.9. The van der Waals surface area contributed by atoms with E-state index in [4.69, 9.17) is 5.73 Å². The van der Waals surface area contributed by atoms with Gasteiger partial charge in [0.15, 0.2) is 0 Å². The maximum Gasteiger partial charge on any atom is 0.142 e. The average Bonchev–Trinajstić information content (AvgIpc) is 2.86. The second-order valence-corrected chi connectivity index (χ2v) is 7.15. The van der Waals surface area contributed by atoms with E-state index in [1.54, 1.807) is 11.3 Å². The van der Waals surface area contributed by atoms with Gasteiger partial charge in [-0.2, -0.15) is 5.26 Å². The van der Waals surface area contributed by atoms with Crippen LogP contribution in [0.4, 0.5) is 5.82 Å². The minimum absolute atomic E-state index is 0.372. The molecule has 3 nitrogen and oxygen atoms in total. The quantitative estimate of drug-likeness (QED) is 0.801. The maximum absolute atomic E-state index is 9.52. The number of aryl methyl sites for hydroxylation is 1. The lowest BCUT2D eigenvalue weighted by Gasteiger charge is -2.18.